The molecule has 30 heavy (non-hydrogen) atoms. The van der Waals surface area contributed by atoms with Crippen molar-refractivity contribution in [2.24, 2.45) is 10.9 Å². The zero-order valence-electron chi connectivity index (χ0n) is 16.8. The van der Waals surface area contributed by atoms with Gasteiger partial charge in [0.2, 0.25) is 0 Å². The molecule has 3 aromatic rings. The molecule has 2 aliphatic rings. The van der Waals surface area contributed by atoms with E-state index < -0.39 is 0 Å². The van der Waals surface area contributed by atoms with E-state index >= 15 is 0 Å². The molecule has 0 saturated heterocycles. The lowest BCUT2D eigenvalue weighted by Gasteiger charge is -2.37. The summed E-state index contributed by atoms with van der Waals surface area (Å²) in [6.45, 7) is 0. The van der Waals surface area contributed by atoms with Crippen molar-refractivity contribution < 1.29 is 4.74 Å². The minimum Gasteiger partial charge on any atom is -0.495 e. The van der Waals surface area contributed by atoms with Crippen LogP contribution in [0.5, 0.6) is 5.75 Å². The maximum atomic E-state index is 6.20. The largest absolute Gasteiger partial charge is 0.495 e. The van der Waals surface area contributed by atoms with Crippen LogP contribution in [0.2, 0.25) is 5.02 Å². The number of aliphatic imine (C=N–C) groups is 1. The molecule has 150 valence electrons. The van der Waals surface area contributed by atoms with Crippen molar-refractivity contribution in [3.8, 4) is 5.75 Å². The number of nitrogens with one attached hydrogen (secondary N) is 1. The highest BCUT2D eigenvalue weighted by Gasteiger charge is 2.37. The first kappa shape index (κ1) is 19.0. The summed E-state index contributed by atoms with van der Waals surface area (Å²) in [5, 5.41) is 4.36. The number of hydrogen-bond acceptors (Lipinski definition) is 3. The Morgan fingerprint density at radius 2 is 1.90 bits per heavy atom. The number of allylic oxidation sites excluding steroid dienone is 2. The third kappa shape index (κ3) is 3.50. The predicted molar refractivity (Wildman–Crippen MR) is 124 cm³/mol. The van der Waals surface area contributed by atoms with E-state index in [4.69, 9.17) is 16.3 Å². The number of anilines is 1. The Labute approximate surface area is 182 Å². The van der Waals surface area contributed by atoms with Gasteiger partial charge in [-0.05, 0) is 65.4 Å². The molecule has 0 bridgehead atoms. The fourth-order valence-electron chi connectivity index (χ4n) is 4.55. The van der Waals surface area contributed by atoms with Crippen molar-refractivity contribution in [3.05, 3.63) is 101 Å². The summed E-state index contributed by atoms with van der Waals surface area (Å²) in [5.41, 5.74) is 5.81. The van der Waals surface area contributed by atoms with Gasteiger partial charge >= 0.3 is 0 Å². The van der Waals surface area contributed by atoms with Gasteiger partial charge in [0, 0.05) is 17.8 Å². The average Bonchev–Trinajstić information content (AvgIpc) is 3.28. The average molecular weight is 415 g/mol. The Hall–Kier alpha value is -3.04. The molecule has 0 radical (unpaired) electrons. The van der Waals surface area contributed by atoms with Gasteiger partial charge in [-0.1, -0.05) is 54.1 Å². The summed E-state index contributed by atoms with van der Waals surface area (Å²) in [5.74, 6) is 1.71. The molecule has 0 fully saturated rings. The highest BCUT2D eigenvalue weighted by atomic mass is 35.5. The second-order valence-corrected chi connectivity index (χ2v) is 8.21. The number of hydrogen-bond donors (Lipinski definition) is 1. The van der Waals surface area contributed by atoms with Crippen molar-refractivity contribution in [2.75, 3.05) is 12.4 Å². The summed E-state index contributed by atoms with van der Waals surface area (Å²) in [6.07, 6.45) is 7.63. The predicted octanol–water partition coefficient (Wildman–Crippen LogP) is 6.93. The molecule has 1 N–H and O–H groups in total. The molecule has 3 nitrogen and oxygen atoms in total. The van der Waals surface area contributed by atoms with E-state index in [2.05, 4.69) is 71.0 Å². The lowest BCUT2D eigenvalue weighted by Crippen LogP contribution is -2.28. The van der Waals surface area contributed by atoms with Crippen LogP contribution < -0.4 is 10.1 Å². The number of ether oxygens (including phenoxy) is 1. The lowest BCUT2D eigenvalue weighted by atomic mass is 9.77. The number of rotatable bonds is 4. The van der Waals surface area contributed by atoms with Crippen LogP contribution in [-0.2, 0) is 0 Å². The fraction of sp³-hybridized carbons (Fsp3) is 0.192. The maximum absolute atomic E-state index is 6.20. The first-order valence-electron chi connectivity index (χ1n) is 10.2. The second-order valence-electron chi connectivity index (χ2n) is 7.81. The SMILES string of the molecule is COc1ccc(C=Nc2ccc([C@@H]3Nc4ccccc4[C@@H]4C=CC[C@H]43)cc2)cc1Cl. The molecule has 3 atom stereocenters. The minimum atomic E-state index is 0.304. The van der Waals surface area contributed by atoms with E-state index in [0.717, 1.165) is 17.7 Å². The Kier molecular flexibility index (Phi) is 5.06. The van der Waals surface area contributed by atoms with E-state index in [1.54, 1.807) is 7.11 Å². The van der Waals surface area contributed by atoms with Crippen LogP contribution in [0.4, 0.5) is 11.4 Å². The first-order valence-corrected chi connectivity index (χ1v) is 10.6. The van der Waals surface area contributed by atoms with Gasteiger partial charge in [-0.3, -0.25) is 4.99 Å². The van der Waals surface area contributed by atoms with E-state index in [1.807, 2.05) is 24.4 Å². The molecule has 1 aliphatic heterocycles. The van der Waals surface area contributed by atoms with Crippen LogP contribution in [0.25, 0.3) is 0 Å². The normalized spacial score (nSPS) is 21.9. The van der Waals surface area contributed by atoms with Gasteiger partial charge < -0.3 is 10.1 Å². The molecule has 0 unspecified atom stereocenters. The summed E-state index contributed by atoms with van der Waals surface area (Å²) in [7, 11) is 1.61. The monoisotopic (exact) mass is 414 g/mol. The Bertz CT molecular complexity index is 1120. The molecule has 4 heteroatoms. The molecule has 0 amide bonds. The fourth-order valence-corrected chi connectivity index (χ4v) is 4.82. The van der Waals surface area contributed by atoms with Gasteiger partial charge in [-0.15, -0.1) is 0 Å². The number of methoxy groups -OCH3 is 1. The Morgan fingerprint density at radius 3 is 2.70 bits per heavy atom. The molecule has 1 aliphatic carbocycles. The quantitative estimate of drug-likeness (QED) is 0.371. The molecular weight excluding hydrogens is 392 g/mol. The highest BCUT2D eigenvalue weighted by Crippen LogP contribution is 2.49. The number of nitrogens with zero attached hydrogens (tertiary/aromatic N) is 1. The highest BCUT2D eigenvalue weighted by molar-refractivity contribution is 6.32. The van der Waals surface area contributed by atoms with Gasteiger partial charge in [-0.25, -0.2) is 0 Å². The molecule has 0 saturated carbocycles. The van der Waals surface area contributed by atoms with Gasteiger partial charge in [0.1, 0.15) is 5.75 Å². The summed E-state index contributed by atoms with van der Waals surface area (Å²) in [6, 6.07) is 23.2. The van der Waals surface area contributed by atoms with Crippen molar-refractivity contribution in [1.82, 2.24) is 0 Å². The van der Waals surface area contributed by atoms with Crippen LogP contribution in [0, 0.1) is 5.92 Å². The van der Waals surface area contributed by atoms with Crippen LogP contribution in [0.15, 0.2) is 83.9 Å². The van der Waals surface area contributed by atoms with Crippen molar-refractivity contribution in [1.29, 1.82) is 0 Å². The number of para-hydroxylation sites is 1. The number of benzene rings is 3. The zero-order valence-corrected chi connectivity index (χ0v) is 17.5. The molecule has 1 heterocycles. The molecule has 5 rings (SSSR count). The topological polar surface area (TPSA) is 33.6 Å². The lowest BCUT2D eigenvalue weighted by molar-refractivity contribution is 0.415. The van der Waals surface area contributed by atoms with Crippen molar-refractivity contribution in [2.45, 2.75) is 18.4 Å². The second kappa shape index (κ2) is 8.00. The number of halogens is 1. The third-order valence-corrected chi connectivity index (χ3v) is 6.36. The minimum absolute atomic E-state index is 0.304. The van der Waals surface area contributed by atoms with Gasteiger partial charge in [-0.2, -0.15) is 0 Å². The molecule has 0 aromatic heterocycles. The molecular formula is C26H23ClN2O. The molecule has 3 aromatic carbocycles. The Morgan fingerprint density at radius 1 is 1.07 bits per heavy atom. The van der Waals surface area contributed by atoms with Crippen LogP contribution in [-0.4, -0.2) is 13.3 Å². The van der Waals surface area contributed by atoms with Gasteiger partial charge in [0.05, 0.1) is 23.9 Å². The third-order valence-electron chi connectivity index (χ3n) is 6.06. The smallest absolute Gasteiger partial charge is 0.137 e. The van der Waals surface area contributed by atoms with Crippen molar-refractivity contribution >= 4 is 29.2 Å². The van der Waals surface area contributed by atoms with Crippen LogP contribution >= 0.6 is 11.6 Å². The summed E-state index contributed by atoms with van der Waals surface area (Å²) in [4.78, 5) is 4.60. The number of fused-ring (bicyclic) bond motifs is 3. The summed E-state index contributed by atoms with van der Waals surface area (Å²) < 4.78 is 5.20. The first-order chi connectivity index (χ1) is 14.7. The van der Waals surface area contributed by atoms with Gasteiger partial charge in [0.25, 0.3) is 0 Å². The van der Waals surface area contributed by atoms with Crippen LogP contribution in [0.3, 0.4) is 0 Å². The van der Waals surface area contributed by atoms with Crippen LogP contribution in [0.1, 0.15) is 35.1 Å². The summed E-state index contributed by atoms with van der Waals surface area (Å²) >= 11 is 6.20. The Balaban J connectivity index is 1.36. The van der Waals surface area contributed by atoms with Gasteiger partial charge in [0.15, 0.2) is 0 Å². The standard InChI is InChI=1S/C26H23ClN2O/c1-30-25-14-9-17(15-23(25)27)16-28-19-12-10-18(11-13-19)26-22-7-4-6-20(22)21-5-2-3-8-24(21)29-26/h2-6,8-16,20,22,26,29H,7H2,1H3/t20-,22+,26-/m0/s1. The van der Waals surface area contributed by atoms with E-state index in [0.29, 0.717) is 28.6 Å². The zero-order chi connectivity index (χ0) is 20.5. The van der Waals surface area contributed by atoms with E-state index in [1.165, 1.54) is 16.8 Å². The van der Waals surface area contributed by atoms with E-state index in [-0.39, 0.29) is 0 Å². The van der Waals surface area contributed by atoms with E-state index in [9.17, 15) is 0 Å². The maximum Gasteiger partial charge on any atom is 0.137 e. The molecule has 0 spiro atoms. The van der Waals surface area contributed by atoms with Crippen molar-refractivity contribution in [3.63, 3.8) is 0 Å².